The van der Waals surface area contributed by atoms with Gasteiger partial charge in [0.05, 0.1) is 0 Å². The molecule has 1 fully saturated rings. The average Bonchev–Trinajstić information content (AvgIpc) is 2.32. The van der Waals surface area contributed by atoms with Crippen LogP contribution in [0.15, 0.2) is 30.3 Å². The molecule has 1 N–H and O–H groups in total. The molecule has 0 aliphatic carbocycles. The van der Waals surface area contributed by atoms with Gasteiger partial charge in [0.15, 0.2) is 0 Å². The van der Waals surface area contributed by atoms with Crippen molar-refractivity contribution in [1.29, 1.82) is 0 Å². The van der Waals surface area contributed by atoms with Crippen LogP contribution in [0.5, 0.6) is 0 Å². The number of rotatable bonds is 1. The number of carbonyl (C=O) groups is 1. The van der Waals surface area contributed by atoms with Crippen molar-refractivity contribution in [3.63, 3.8) is 0 Å². The van der Waals surface area contributed by atoms with Gasteiger partial charge in [0, 0.05) is 26.2 Å². The van der Waals surface area contributed by atoms with Crippen molar-refractivity contribution in [3.05, 3.63) is 35.9 Å². The van der Waals surface area contributed by atoms with Crippen molar-refractivity contribution >= 4 is 6.41 Å². The first-order chi connectivity index (χ1) is 7.33. The van der Waals surface area contributed by atoms with Crippen LogP contribution in [0.3, 0.4) is 0 Å². The van der Waals surface area contributed by atoms with Gasteiger partial charge in [-0.25, -0.2) is 0 Å². The van der Waals surface area contributed by atoms with Crippen LogP contribution in [0.2, 0.25) is 0 Å². The summed E-state index contributed by atoms with van der Waals surface area (Å²) in [5.41, 5.74) is 1.32. The van der Waals surface area contributed by atoms with Crippen LogP contribution in [-0.2, 0) is 4.79 Å². The highest BCUT2D eigenvalue weighted by Gasteiger charge is 2.04. The van der Waals surface area contributed by atoms with E-state index in [0.29, 0.717) is 0 Å². The van der Waals surface area contributed by atoms with E-state index in [-0.39, 0.29) is 0 Å². The van der Waals surface area contributed by atoms with Crippen molar-refractivity contribution in [2.24, 2.45) is 0 Å². The fourth-order valence-corrected chi connectivity index (χ4v) is 1.32. The minimum Gasteiger partial charge on any atom is -0.343 e. The van der Waals surface area contributed by atoms with Crippen LogP contribution in [0.25, 0.3) is 0 Å². The molecule has 1 aliphatic rings. The number of nitrogens with one attached hydrogen (secondary N) is 1. The minimum absolute atomic E-state index is 0.865. The number of carbonyl (C=O) groups excluding carboxylic acids is 1. The second kappa shape index (κ2) is 7.01. The summed E-state index contributed by atoms with van der Waals surface area (Å²) in [4.78, 5) is 11.8. The van der Waals surface area contributed by atoms with E-state index in [1.54, 1.807) is 4.90 Å². The van der Waals surface area contributed by atoms with Crippen LogP contribution in [0.4, 0.5) is 0 Å². The lowest BCUT2D eigenvalue weighted by molar-refractivity contribution is -0.118. The molecule has 1 amide bonds. The molecule has 0 atom stereocenters. The SMILES string of the molecule is Cc1ccccc1.O=CN1CCNCC1. The second-order valence-electron chi connectivity index (χ2n) is 3.55. The van der Waals surface area contributed by atoms with Gasteiger partial charge in [0.1, 0.15) is 0 Å². The van der Waals surface area contributed by atoms with Gasteiger partial charge in [0.2, 0.25) is 6.41 Å². The van der Waals surface area contributed by atoms with Gasteiger partial charge >= 0.3 is 0 Å². The maximum atomic E-state index is 10.1. The first kappa shape index (κ1) is 11.7. The molecule has 1 aromatic rings. The van der Waals surface area contributed by atoms with E-state index < -0.39 is 0 Å². The fraction of sp³-hybridized carbons (Fsp3) is 0.417. The van der Waals surface area contributed by atoms with Crippen molar-refractivity contribution < 1.29 is 4.79 Å². The highest BCUT2D eigenvalue weighted by atomic mass is 16.1. The molecule has 0 radical (unpaired) electrons. The third kappa shape index (κ3) is 5.18. The van der Waals surface area contributed by atoms with Gasteiger partial charge in [0.25, 0.3) is 0 Å². The standard InChI is InChI=1S/C7H8.C5H10N2O/c1-7-5-3-2-4-6-7;8-5-7-3-1-6-2-4-7/h2-6H,1H3;5-6H,1-4H2. The summed E-state index contributed by atoms with van der Waals surface area (Å²) in [6.45, 7) is 5.70. The molecule has 0 saturated carbocycles. The molecular weight excluding hydrogens is 188 g/mol. The quantitative estimate of drug-likeness (QED) is 0.696. The van der Waals surface area contributed by atoms with Gasteiger partial charge < -0.3 is 10.2 Å². The van der Waals surface area contributed by atoms with E-state index in [4.69, 9.17) is 0 Å². The summed E-state index contributed by atoms with van der Waals surface area (Å²) in [5, 5.41) is 3.15. The lowest BCUT2D eigenvalue weighted by atomic mass is 10.2. The van der Waals surface area contributed by atoms with Crippen molar-refractivity contribution in [1.82, 2.24) is 10.2 Å². The Labute approximate surface area is 91.1 Å². The molecule has 1 heterocycles. The molecule has 3 heteroatoms. The zero-order chi connectivity index (χ0) is 10.9. The van der Waals surface area contributed by atoms with E-state index in [9.17, 15) is 4.79 Å². The zero-order valence-electron chi connectivity index (χ0n) is 9.15. The van der Waals surface area contributed by atoms with Crippen LogP contribution in [0, 0.1) is 6.92 Å². The molecule has 0 bridgehead atoms. The minimum atomic E-state index is 0.865. The van der Waals surface area contributed by atoms with E-state index in [0.717, 1.165) is 32.6 Å². The van der Waals surface area contributed by atoms with Gasteiger partial charge in [-0.3, -0.25) is 4.79 Å². The topological polar surface area (TPSA) is 32.3 Å². The van der Waals surface area contributed by atoms with E-state index in [2.05, 4.69) is 24.4 Å². The summed E-state index contributed by atoms with van der Waals surface area (Å²) in [6, 6.07) is 10.3. The molecular formula is C12H18N2O. The summed E-state index contributed by atoms with van der Waals surface area (Å²) in [7, 11) is 0. The molecule has 0 aromatic heterocycles. The summed E-state index contributed by atoms with van der Waals surface area (Å²) < 4.78 is 0. The van der Waals surface area contributed by atoms with Crippen LogP contribution in [0.1, 0.15) is 5.56 Å². The maximum absolute atomic E-state index is 10.1. The number of hydrogen-bond donors (Lipinski definition) is 1. The average molecular weight is 206 g/mol. The highest BCUT2D eigenvalue weighted by Crippen LogP contribution is 1.92. The Bertz CT molecular complexity index is 268. The van der Waals surface area contributed by atoms with Gasteiger partial charge in [-0.1, -0.05) is 35.9 Å². The fourth-order valence-electron chi connectivity index (χ4n) is 1.32. The zero-order valence-corrected chi connectivity index (χ0v) is 9.15. The van der Waals surface area contributed by atoms with Crippen LogP contribution >= 0.6 is 0 Å². The summed E-state index contributed by atoms with van der Waals surface area (Å²) >= 11 is 0. The number of nitrogens with zero attached hydrogens (tertiary/aromatic N) is 1. The molecule has 1 aromatic carbocycles. The Morgan fingerprint density at radius 1 is 1.20 bits per heavy atom. The predicted octanol–water partition coefficient (Wildman–Crippen LogP) is 1.04. The third-order valence-electron chi connectivity index (χ3n) is 2.24. The molecule has 82 valence electrons. The predicted molar refractivity (Wildman–Crippen MR) is 61.7 cm³/mol. The van der Waals surface area contributed by atoms with Crippen LogP contribution in [-0.4, -0.2) is 37.5 Å². The number of benzene rings is 1. The number of amides is 1. The number of aryl methyl sites for hydroxylation is 1. The monoisotopic (exact) mass is 206 g/mol. The largest absolute Gasteiger partial charge is 0.343 e. The molecule has 0 spiro atoms. The number of piperazine rings is 1. The highest BCUT2D eigenvalue weighted by molar-refractivity contribution is 5.47. The first-order valence-corrected chi connectivity index (χ1v) is 5.24. The maximum Gasteiger partial charge on any atom is 0.209 e. The lowest BCUT2D eigenvalue weighted by Crippen LogP contribution is -2.42. The van der Waals surface area contributed by atoms with E-state index in [1.165, 1.54) is 5.56 Å². The number of hydrogen-bond acceptors (Lipinski definition) is 2. The van der Waals surface area contributed by atoms with Crippen LogP contribution < -0.4 is 5.32 Å². The van der Waals surface area contributed by atoms with Crippen molar-refractivity contribution in [2.45, 2.75) is 6.92 Å². The third-order valence-corrected chi connectivity index (χ3v) is 2.24. The van der Waals surface area contributed by atoms with Crippen molar-refractivity contribution in [2.75, 3.05) is 26.2 Å². The van der Waals surface area contributed by atoms with Crippen molar-refractivity contribution in [3.8, 4) is 0 Å². The Morgan fingerprint density at radius 3 is 2.13 bits per heavy atom. The summed E-state index contributed by atoms with van der Waals surface area (Å²) in [6.07, 6.45) is 0.904. The normalized spacial score (nSPS) is 15.1. The molecule has 1 saturated heterocycles. The van der Waals surface area contributed by atoms with E-state index >= 15 is 0 Å². The summed E-state index contributed by atoms with van der Waals surface area (Å²) in [5.74, 6) is 0. The molecule has 2 rings (SSSR count). The smallest absolute Gasteiger partial charge is 0.209 e. The lowest BCUT2D eigenvalue weighted by Gasteiger charge is -2.22. The van der Waals surface area contributed by atoms with Gasteiger partial charge in [-0.05, 0) is 6.92 Å². The molecule has 15 heavy (non-hydrogen) atoms. The molecule has 3 nitrogen and oxygen atoms in total. The Hall–Kier alpha value is -1.35. The Kier molecular flexibility index (Phi) is 5.48. The molecule has 1 aliphatic heterocycles. The molecule has 0 unspecified atom stereocenters. The first-order valence-electron chi connectivity index (χ1n) is 5.24. The van der Waals surface area contributed by atoms with E-state index in [1.807, 2.05) is 18.2 Å². The Balaban J connectivity index is 0.000000151. The Morgan fingerprint density at radius 2 is 1.80 bits per heavy atom. The second-order valence-corrected chi connectivity index (χ2v) is 3.55. The van der Waals surface area contributed by atoms with Gasteiger partial charge in [-0.15, -0.1) is 0 Å². The van der Waals surface area contributed by atoms with Gasteiger partial charge in [-0.2, -0.15) is 0 Å².